The molecule has 0 aromatic heterocycles. The Bertz CT molecular complexity index is 69.9. The summed E-state index contributed by atoms with van der Waals surface area (Å²) in [5.74, 6) is 0. The van der Waals surface area contributed by atoms with Crippen molar-refractivity contribution in [1.82, 2.24) is 0 Å². The Morgan fingerprint density at radius 3 is 2.22 bits per heavy atom. The predicted molar refractivity (Wildman–Crippen MR) is 43.2 cm³/mol. The van der Waals surface area contributed by atoms with Gasteiger partial charge in [0.25, 0.3) is 0 Å². The van der Waals surface area contributed by atoms with Crippen LogP contribution >= 0.6 is 0 Å². The molecule has 0 radical (unpaired) electrons. The van der Waals surface area contributed by atoms with E-state index in [9.17, 15) is 0 Å². The first-order valence-electron chi connectivity index (χ1n) is 3.34. The van der Waals surface area contributed by atoms with Gasteiger partial charge in [-0.15, -0.1) is 0 Å². The minimum atomic E-state index is -0.875. The average Bonchev–Trinajstić information content (AvgIpc) is 1.63. The Balaban J connectivity index is 3.07. The molecular weight excluding hydrogens is 130 g/mol. The fourth-order valence-electron chi connectivity index (χ4n) is 0.462. The largest absolute Gasteiger partial charge is 0.367 e. The zero-order valence-electron chi connectivity index (χ0n) is 6.61. The third-order valence-electron chi connectivity index (χ3n) is 1.11. The van der Waals surface area contributed by atoms with Crippen LogP contribution in [0.15, 0.2) is 0 Å². The van der Waals surface area contributed by atoms with Gasteiger partial charge in [0.1, 0.15) is 0 Å². The molecule has 3 heteroatoms. The van der Waals surface area contributed by atoms with Crippen molar-refractivity contribution >= 4 is 8.07 Å². The van der Waals surface area contributed by atoms with E-state index in [1.807, 2.05) is 0 Å². The lowest BCUT2D eigenvalue weighted by atomic mass is 10.8. The average molecular weight is 147 g/mol. The van der Waals surface area contributed by atoms with Gasteiger partial charge in [-0.2, -0.15) is 0 Å². The number of nitrogens with two attached hydrogens (primary N) is 1. The van der Waals surface area contributed by atoms with Gasteiger partial charge >= 0.3 is 0 Å². The van der Waals surface area contributed by atoms with Gasteiger partial charge in [0.05, 0.1) is 6.73 Å². The molecule has 0 aliphatic rings. The van der Waals surface area contributed by atoms with Crippen LogP contribution in [0.3, 0.4) is 0 Å². The maximum absolute atomic E-state index is 5.15. The van der Waals surface area contributed by atoms with Crippen molar-refractivity contribution < 1.29 is 4.74 Å². The Hall–Kier alpha value is 0.137. The SMILES string of the molecule is C[Si](C)(C)CCOCN. The van der Waals surface area contributed by atoms with E-state index in [4.69, 9.17) is 10.5 Å². The van der Waals surface area contributed by atoms with Crippen molar-refractivity contribution in [2.75, 3.05) is 13.3 Å². The molecule has 0 fully saturated rings. The molecule has 0 saturated carbocycles. The molecule has 0 amide bonds. The second-order valence-corrected chi connectivity index (χ2v) is 9.01. The van der Waals surface area contributed by atoms with Gasteiger partial charge in [0, 0.05) is 14.7 Å². The van der Waals surface area contributed by atoms with E-state index in [-0.39, 0.29) is 0 Å². The van der Waals surface area contributed by atoms with Gasteiger partial charge in [-0.05, 0) is 6.04 Å². The molecule has 0 heterocycles. The van der Waals surface area contributed by atoms with E-state index in [0.717, 1.165) is 6.61 Å². The first-order chi connectivity index (χ1) is 4.06. The third-order valence-corrected chi connectivity index (χ3v) is 2.82. The molecule has 56 valence electrons. The van der Waals surface area contributed by atoms with Gasteiger partial charge < -0.3 is 10.5 Å². The second-order valence-electron chi connectivity index (χ2n) is 3.39. The number of hydrogen-bond acceptors (Lipinski definition) is 2. The van der Waals surface area contributed by atoms with Gasteiger partial charge in [-0.1, -0.05) is 19.6 Å². The zero-order chi connectivity index (χ0) is 7.33. The summed E-state index contributed by atoms with van der Waals surface area (Å²) in [7, 11) is -0.875. The highest BCUT2D eigenvalue weighted by Gasteiger charge is 2.11. The lowest BCUT2D eigenvalue weighted by molar-refractivity contribution is 0.154. The third kappa shape index (κ3) is 8.14. The molecule has 0 saturated heterocycles. The van der Waals surface area contributed by atoms with Crippen molar-refractivity contribution in [2.24, 2.45) is 5.73 Å². The molecule has 2 nitrogen and oxygen atoms in total. The molecule has 0 aromatic rings. The molecule has 0 aromatic carbocycles. The Kier molecular flexibility index (Phi) is 4.09. The molecule has 0 spiro atoms. The summed E-state index contributed by atoms with van der Waals surface area (Å²) in [4.78, 5) is 0. The Morgan fingerprint density at radius 1 is 1.33 bits per heavy atom. The zero-order valence-corrected chi connectivity index (χ0v) is 7.61. The standard InChI is InChI=1S/C6H17NOSi/c1-9(2,3)5-4-8-6-7/h4-7H2,1-3H3. The van der Waals surface area contributed by atoms with E-state index in [2.05, 4.69) is 19.6 Å². The second kappa shape index (κ2) is 4.03. The van der Waals surface area contributed by atoms with E-state index < -0.39 is 8.07 Å². The topological polar surface area (TPSA) is 35.2 Å². The van der Waals surface area contributed by atoms with E-state index in [1.54, 1.807) is 0 Å². The van der Waals surface area contributed by atoms with Crippen molar-refractivity contribution in [3.05, 3.63) is 0 Å². The van der Waals surface area contributed by atoms with E-state index in [0.29, 0.717) is 6.73 Å². The number of hydrogen-bond donors (Lipinski definition) is 1. The summed E-state index contributed by atoms with van der Waals surface area (Å²) in [5, 5.41) is 0. The van der Waals surface area contributed by atoms with Crippen LogP contribution in [0.1, 0.15) is 0 Å². The summed E-state index contributed by atoms with van der Waals surface area (Å²) < 4.78 is 5.02. The van der Waals surface area contributed by atoms with E-state index in [1.165, 1.54) is 6.04 Å². The van der Waals surface area contributed by atoms with Crippen LogP contribution in [0.25, 0.3) is 0 Å². The number of ether oxygens (including phenoxy) is 1. The highest BCUT2D eigenvalue weighted by molar-refractivity contribution is 6.76. The fraction of sp³-hybridized carbons (Fsp3) is 1.00. The van der Waals surface area contributed by atoms with Crippen LogP contribution in [0.4, 0.5) is 0 Å². The molecule has 9 heavy (non-hydrogen) atoms. The van der Waals surface area contributed by atoms with Gasteiger partial charge in [-0.25, -0.2) is 0 Å². The molecule has 0 aliphatic heterocycles. The van der Waals surface area contributed by atoms with Crippen molar-refractivity contribution in [1.29, 1.82) is 0 Å². The molecule has 0 unspecified atom stereocenters. The predicted octanol–water partition coefficient (Wildman–Crippen LogP) is 1.26. The van der Waals surface area contributed by atoms with E-state index >= 15 is 0 Å². The first kappa shape index (κ1) is 9.14. The highest BCUT2D eigenvalue weighted by atomic mass is 28.3. The minimum Gasteiger partial charge on any atom is -0.367 e. The summed E-state index contributed by atoms with van der Waals surface area (Å²) in [6.45, 7) is 8.18. The smallest absolute Gasteiger partial charge is 0.0940 e. The molecule has 0 rings (SSSR count). The molecule has 0 atom stereocenters. The number of rotatable bonds is 4. The monoisotopic (exact) mass is 147 g/mol. The molecule has 2 N–H and O–H groups in total. The summed E-state index contributed by atoms with van der Waals surface area (Å²) in [6, 6.07) is 1.21. The van der Waals surface area contributed by atoms with Crippen molar-refractivity contribution in [2.45, 2.75) is 25.7 Å². The normalized spacial score (nSPS) is 12.0. The van der Waals surface area contributed by atoms with Crippen LogP contribution in [-0.2, 0) is 4.74 Å². The van der Waals surface area contributed by atoms with Crippen LogP contribution in [-0.4, -0.2) is 21.4 Å². The van der Waals surface area contributed by atoms with Crippen LogP contribution in [0.5, 0.6) is 0 Å². The van der Waals surface area contributed by atoms with Crippen LogP contribution in [0, 0.1) is 0 Å². The lowest BCUT2D eigenvalue weighted by Gasteiger charge is -2.14. The first-order valence-corrected chi connectivity index (χ1v) is 7.05. The summed E-state index contributed by atoms with van der Waals surface area (Å²) >= 11 is 0. The van der Waals surface area contributed by atoms with Crippen molar-refractivity contribution in [3.8, 4) is 0 Å². The maximum Gasteiger partial charge on any atom is 0.0940 e. The highest BCUT2D eigenvalue weighted by Crippen LogP contribution is 2.06. The lowest BCUT2D eigenvalue weighted by Crippen LogP contribution is -2.22. The van der Waals surface area contributed by atoms with Gasteiger partial charge in [0.2, 0.25) is 0 Å². The molecular formula is C6H17NOSi. The summed E-state index contributed by atoms with van der Waals surface area (Å²) in [6.07, 6.45) is 0. The quantitative estimate of drug-likeness (QED) is 0.369. The van der Waals surface area contributed by atoms with Crippen LogP contribution < -0.4 is 5.73 Å². The van der Waals surface area contributed by atoms with Crippen molar-refractivity contribution in [3.63, 3.8) is 0 Å². The Labute approximate surface area is 58.4 Å². The van der Waals surface area contributed by atoms with Crippen LogP contribution in [0.2, 0.25) is 25.7 Å². The minimum absolute atomic E-state index is 0.366. The Morgan fingerprint density at radius 2 is 1.89 bits per heavy atom. The molecule has 0 bridgehead atoms. The maximum atomic E-state index is 5.15. The molecule has 0 aliphatic carbocycles. The van der Waals surface area contributed by atoms with Gasteiger partial charge in [-0.3, -0.25) is 0 Å². The summed E-state index contributed by atoms with van der Waals surface area (Å²) in [5.41, 5.74) is 5.15. The van der Waals surface area contributed by atoms with Gasteiger partial charge in [0.15, 0.2) is 0 Å². The fourth-order valence-corrected chi connectivity index (χ4v) is 1.22.